The molecule has 0 unspecified atom stereocenters. The molecule has 8 heteroatoms. The third-order valence-electron chi connectivity index (χ3n) is 4.03. The Hall–Kier alpha value is -2.45. The van der Waals surface area contributed by atoms with Crippen LogP contribution in [0.15, 0.2) is 29.2 Å². The van der Waals surface area contributed by atoms with Crippen molar-refractivity contribution in [3.05, 3.63) is 40.3 Å². The van der Waals surface area contributed by atoms with Gasteiger partial charge in [-0.3, -0.25) is 19.5 Å². The predicted molar refractivity (Wildman–Crippen MR) is 87.4 cm³/mol. The summed E-state index contributed by atoms with van der Waals surface area (Å²) in [5.74, 6) is -0.502. The van der Waals surface area contributed by atoms with Gasteiger partial charge in [0.1, 0.15) is 11.1 Å². The summed E-state index contributed by atoms with van der Waals surface area (Å²) in [5.41, 5.74) is -0.208. The molecule has 0 spiro atoms. The van der Waals surface area contributed by atoms with Crippen molar-refractivity contribution in [2.45, 2.75) is 6.42 Å². The van der Waals surface area contributed by atoms with Gasteiger partial charge in [0.15, 0.2) is 0 Å². The number of rotatable bonds is 5. The third-order valence-corrected chi connectivity index (χ3v) is 4.03. The smallest absolute Gasteiger partial charge is 0.296 e. The molecule has 0 radical (unpaired) electrons. The lowest BCUT2D eigenvalue weighted by Crippen LogP contribution is -2.38. The lowest BCUT2D eigenvalue weighted by atomic mass is 10.2. The number of hydrogen-bond acceptors (Lipinski definition) is 6. The highest BCUT2D eigenvalue weighted by atomic mass is 16.5. The Morgan fingerprint density at radius 1 is 1.38 bits per heavy atom. The monoisotopic (exact) mass is 332 g/mol. The van der Waals surface area contributed by atoms with Gasteiger partial charge in [0, 0.05) is 25.8 Å². The Balaban J connectivity index is 1.61. The molecule has 2 aromatic rings. The minimum Gasteiger partial charge on any atom is -0.425 e. The highest BCUT2D eigenvalue weighted by molar-refractivity contribution is 5.96. The van der Waals surface area contributed by atoms with Gasteiger partial charge in [-0.1, -0.05) is 0 Å². The van der Waals surface area contributed by atoms with Crippen LogP contribution in [0, 0.1) is 0 Å². The number of hydrogen-bond donors (Lipinski definition) is 2. The van der Waals surface area contributed by atoms with Crippen LogP contribution in [0.2, 0.25) is 0 Å². The second-order valence-corrected chi connectivity index (χ2v) is 5.65. The first kappa shape index (κ1) is 16.4. The normalized spacial score (nSPS) is 15.5. The van der Waals surface area contributed by atoms with E-state index in [1.807, 2.05) is 0 Å². The molecule has 0 atom stereocenters. The molecule has 2 N–H and O–H groups in total. The van der Waals surface area contributed by atoms with E-state index in [9.17, 15) is 14.8 Å². The Morgan fingerprint density at radius 2 is 2.17 bits per heavy atom. The lowest BCUT2D eigenvalue weighted by molar-refractivity contribution is 0.0374. The Morgan fingerprint density at radius 3 is 2.96 bits per heavy atom. The zero-order valence-corrected chi connectivity index (χ0v) is 13.3. The first-order valence-electron chi connectivity index (χ1n) is 7.95. The molecule has 3 heterocycles. The van der Waals surface area contributed by atoms with Crippen LogP contribution >= 0.6 is 0 Å². The van der Waals surface area contributed by atoms with Crippen LogP contribution in [0.3, 0.4) is 0 Å². The van der Waals surface area contributed by atoms with E-state index in [-0.39, 0.29) is 11.1 Å². The van der Waals surface area contributed by atoms with E-state index < -0.39 is 11.5 Å². The number of pyridine rings is 2. The fraction of sp³-hybridized carbons (Fsp3) is 0.438. The minimum absolute atomic E-state index is 0.116. The van der Waals surface area contributed by atoms with Crippen molar-refractivity contribution in [2.24, 2.45) is 0 Å². The van der Waals surface area contributed by atoms with E-state index >= 15 is 0 Å². The lowest BCUT2D eigenvalue weighted by Gasteiger charge is -2.26. The van der Waals surface area contributed by atoms with E-state index in [4.69, 9.17) is 4.74 Å². The van der Waals surface area contributed by atoms with E-state index in [1.165, 1.54) is 12.3 Å². The largest absolute Gasteiger partial charge is 0.425 e. The number of aromatic nitrogens is 2. The average Bonchev–Trinajstić information content (AvgIpc) is 2.62. The number of carbonyl (C=O) groups is 1. The summed E-state index contributed by atoms with van der Waals surface area (Å²) < 4.78 is 5.75. The van der Waals surface area contributed by atoms with Gasteiger partial charge in [-0.15, -0.1) is 4.73 Å². The Kier molecular flexibility index (Phi) is 5.07. The summed E-state index contributed by atoms with van der Waals surface area (Å²) in [5, 5.41) is 12.6. The number of nitrogens with one attached hydrogen (secondary N) is 1. The molecule has 1 aliphatic heterocycles. The van der Waals surface area contributed by atoms with Gasteiger partial charge >= 0.3 is 0 Å². The predicted octanol–water partition coefficient (Wildman–Crippen LogP) is 0.0859. The maximum atomic E-state index is 12.2. The van der Waals surface area contributed by atoms with Gasteiger partial charge in [0.05, 0.1) is 18.7 Å². The number of ether oxygens (including phenoxy) is 1. The van der Waals surface area contributed by atoms with E-state index in [0.29, 0.717) is 16.8 Å². The van der Waals surface area contributed by atoms with E-state index in [2.05, 4.69) is 15.2 Å². The number of carbonyl (C=O) groups excluding carboxylic acids is 1. The zero-order chi connectivity index (χ0) is 16.9. The molecule has 1 fully saturated rings. The quantitative estimate of drug-likeness (QED) is 0.595. The minimum atomic E-state index is -0.749. The van der Waals surface area contributed by atoms with Gasteiger partial charge in [0.25, 0.3) is 11.5 Å². The van der Waals surface area contributed by atoms with Crippen molar-refractivity contribution >= 4 is 16.9 Å². The van der Waals surface area contributed by atoms with Crippen LogP contribution in [0.5, 0.6) is 0 Å². The maximum absolute atomic E-state index is 12.2. The van der Waals surface area contributed by atoms with E-state index in [1.54, 1.807) is 12.1 Å². The summed E-state index contributed by atoms with van der Waals surface area (Å²) in [6.07, 6.45) is 2.32. The summed E-state index contributed by atoms with van der Waals surface area (Å²) in [4.78, 5) is 30.7. The van der Waals surface area contributed by atoms with Crippen LogP contribution in [0.4, 0.5) is 0 Å². The first-order chi connectivity index (χ1) is 11.7. The molecule has 1 saturated heterocycles. The van der Waals surface area contributed by atoms with Crippen molar-refractivity contribution < 1.29 is 14.7 Å². The molecule has 3 rings (SSSR count). The molecule has 128 valence electrons. The van der Waals surface area contributed by atoms with Gasteiger partial charge in [-0.05, 0) is 31.2 Å². The molecule has 0 aromatic carbocycles. The SMILES string of the molecule is O=C(NCCCN1CCOCC1)c1cc2ncccc2n(O)c1=O. The fourth-order valence-electron chi connectivity index (χ4n) is 2.71. The average molecular weight is 332 g/mol. The summed E-state index contributed by atoms with van der Waals surface area (Å²) in [7, 11) is 0. The first-order valence-corrected chi connectivity index (χ1v) is 7.95. The third kappa shape index (κ3) is 3.55. The van der Waals surface area contributed by atoms with Gasteiger partial charge in [-0.2, -0.15) is 0 Å². The van der Waals surface area contributed by atoms with Crippen molar-refractivity contribution in [3.8, 4) is 0 Å². The molecular weight excluding hydrogens is 312 g/mol. The topological polar surface area (TPSA) is 96.7 Å². The molecule has 1 amide bonds. The van der Waals surface area contributed by atoms with Crippen LogP contribution in [0.1, 0.15) is 16.8 Å². The van der Waals surface area contributed by atoms with Gasteiger partial charge in [0.2, 0.25) is 0 Å². The molecule has 0 bridgehead atoms. The highest BCUT2D eigenvalue weighted by Gasteiger charge is 2.16. The van der Waals surface area contributed by atoms with Crippen molar-refractivity contribution in [3.63, 3.8) is 0 Å². The Labute approximate surface area is 138 Å². The number of nitrogens with zero attached hydrogens (tertiary/aromatic N) is 3. The summed E-state index contributed by atoms with van der Waals surface area (Å²) in [6, 6.07) is 4.58. The van der Waals surface area contributed by atoms with Crippen LogP contribution in [0.25, 0.3) is 11.0 Å². The van der Waals surface area contributed by atoms with Gasteiger partial charge in [-0.25, -0.2) is 0 Å². The second kappa shape index (κ2) is 7.41. The molecule has 0 saturated carbocycles. The molecule has 1 aliphatic rings. The maximum Gasteiger partial charge on any atom is 0.296 e. The summed E-state index contributed by atoms with van der Waals surface area (Å²) >= 11 is 0. The van der Waals surface area contributed by atoms with Gasteiger partial charge < -0.3 is 15.3 Å². The fourth-order valence-corrected chi connectivity index (χ4v) is 2.71. The molecule has 0 aliphatic carbocycles. The second-order valence-electron chi connectivity index (χ2n) is 5.65. The van der Waals surface area contributed by atoms with Crippen LogP contribution < -0.4 is 10.9 Å². The molecule has 24 heavy (non-hydrogen) atoms. The Bertz CT molecular complexity index is 783. The molecular formula is C16H20N4O4. The number of fused-ring (bicyclic) bond motifs is 1. The zero-order valence-electron chi connectivity index (χ0n) is 13.3. The van der Waals surface area contributed by atoms with Crippen LogP contribution in [-0.2, 0) is 4.74 Å². The number of amides is 1. The highest BCUT2D eigenvalue weighted by Crippen LogP contribution is 2.09. The summed E-state index contributed by atoms with van der Waals surface area (Å²) in [6.45, 7) is 4.62. The number of morpholine rings is 1. The van der Waals surface area contributed by atoms with Crippen molar-refractivity contribution in [1.29, 1.82) is 0 Å². The van der Waals surface area contributed by atoms with Crippen LogP contribution in [-0.4, -0.2) is 65.1 Å². The standard InChI is InChI=1S/C16H20N4O4/c21-15(18-5-2-6-19-7-9-24-10-8-19)12-11-13-14(3-1-4-17-13)20(23)16(12)22/h1,3-4,11,23H,2,5-10H2,(H,18,21). The van der Waals surface area contributed by atoms with Crippen molar-refractivity contribution in [1.82, 2.24) is 19.9 Å². The van der Waals surface area contributed by atoms with Crippen molar-refractivity contribution in [2.75, 3.05) is 39.4 Å². The molecule has 2 aromatic heterocycles. The molecule has 8 nitrogen and oxygen atoms in total. The van der Waals surface area contributed by atoms with E-state index in [0.717, 1.165) is 39.3 Å².